The monoisotopic (exact) mass is 194 g/mol. The van der Waals surface area contributed by atoms with Crippen molar-refractivity contribution in [2.75, 3.05) is 31.1 Å². The number of Topliss-reactive ketones (excluding diaryl/α,β-unsaturated/α-hetero) is 1. The summed E-state index contributed by atoms with van der Waals surface area (Å²) in [6, 6.07) is 1.81. The summed E-state index contributed by atoms with van der Waals surface area (Å²) < 4.78 is 5.17. The fourth-order valence-corrected chi connectivity index (χ4v) is 1.60. The van der Waals surface area contributed by atoms with Crippen LogP contribution in [0.4, 0.5) is 5.69 Å². The Bertz CT molecular complexity index is 327. The minimum atomic E-state index is -0.0219. The van der Waals surface area contributed by atoms with Crippen LogP contribution in [0.25, 0.3) is 0 Å². The molecule has 0 aromatic carbocycles. The third-order valence-corrected chi connectivity index (χ3v) is 2.41. The van der Waals surface area contributed by atoms with Crippen LogP contribution in [0.5, 0.6) is 0 Å². The zero-order valence-electron chi connectivity index (χ0n) is 8.25. The van der Waals surface area contributed by atoms with Crippen molar-refractivity contribution in [3.8, 4) is 0 Å². The molecule has 2 heterocycles. The zero-order valence-corrected chi connectivity index (χ0v) is 8.25. The lowest BCUT2D eigenvalue weighted by Crippen LogP contribution is -2.43. The van der Waals surface area contributed by atoms with E-state index in [-0.39, 0.29) is 5.78 Å². The van der Waals surface area contributed by atoms with Crippen LogP contribution in [-0.4, -0.2) is 32.0 Å². The molecule has 0 spiro atoms. The van der Waals surface area contributed by atoms with Gasteiger partial charge < -0.3 is 14.6 Å². The van der Waals surface area contributed by atoms with E-state index in [9.17, 15) is 4.79 Å². The quantitative estimate of drug-likeness (QED) is 0.710. The minimum absolute atomic E-state index is 0.0219. The number of nitrogens with one attached hydrogen (secondary N) is 1. The van der Waals surface area contributed by atoms with Crippen molar-refractivity contribution in [3.63, 3.8) is 0 Å². The van der Waals surface area contributed by atoms with E-state index < -0.39 is 0 Å². The van der Waals surface area contributed by atoms with Crippen LogP contribution in [0.3, 0.4) is 0 Å². The SMILES string of the molecule is CC(=O)c1cc(N2CCNCC2)co1. The van der Waals surface area contributed by atoms with Crippen molar-refractivity contribution in [3.05, 3.63) is 18.1 Å². The summed E-state index contributed by atoms with van der Waals surface area (Å²) in [7, 11) is 0. The molecule has 0 aliphatic carbocycles. The zero-order chi connectivity index (χ0) is 9.97. The van der Waals surface area contributed by atoms with Crippen LogP contribution < -0.4 is 10.2 Å². The molecule has 1 aliphatic rings. The fraction of sp³-hybridized carbons (Fsp3) is 0.500. The Morgan fingerprint density at radius 3 is 2.79 bits per heavy atom. The van der Waals surface area contributed by atoms with Gasteiger partial charge in [-0.15, -0.1) is 0 Å². The number of hydrogen-bond donors (Lipinski definition) is 1. The van der Waals surface area contributed by atoms with Gasteiger partial charge in [-0.25, -0.2) is 0 Å². The molecule has 1 fully saturated rings. The van der Waals surface area contributed by atoms with Crippen molar-refractivity contribution < 1.29 is 9.21 Å². The largest absolute Gasteiger partial charge is 0.459 e. The summed E-state index contributed by atoms with van der Waals surface area (Å²) >= 11 is 0. The highest BCUT2D eigenvalue weighted by molar-refractivity contribution is 5.92. The Labute approximate surface area is 82.9 Å². The van der Waals surface area contributed by atoms with Crippen molar-refractivity contribution >= 4 is 11.5 Å². The van der Waals surface area contributed by atoms with Crippen molar-refractivity contribution in [2.24, 2.45) is 0 Å². The van der Waals surface area contributed by atoms with E-state index >= 15 is 0 Å². The summed E-state index contributed by atoms with van der Waals surface area (Å²) in [5.41, 5.74) is 1.01. The third-order valence-electron chi connectivity index (χ3n) is 2.41. The van der Waals surface area contributed by atoms with Gasteiger partial charge in [0.15, 0.2) is 11.5 Å². The first-order valence-corrected chi connectivity index (χ1v) is 4.82. The number of hydrogen-bond acceptors (Lipinski definition) is 4. The average Bonchev–Trinajstić information content (AvgIpc) is 2.68. The summed E-state index contributed by atoms with van der Waals surface area (Å²) in [6.07, 6.45) is 1.65. The van der Waals surface area contributed by atoms with Gasteiger partial charge in [0.05, 0.1) is 5.69 Å². The van der Waals surface area contributed by atoms with Crippen LogP contribution in [-0.2, 0) is 0 Å². The second-order valence-corrected chi connectivity index (χ2v) is 3.46. The maximum atomic E-state index is 11.0. The average molecular weight is 194 g/mol. The number of nitrogens with zero attached hydrogens (tertiary/aromatic N) is 1. The molecule has 2 rings (SSSR count). The van der Waals surface area contributed by atoms with Crippen molar-refractivity contribution in [1.29, 1.82) is 0 Å². The number of rotatable bonds is 2. The molecular formula is C10H14N2O2. The molecular weight excluding hydrogens is 180 g/mol. The van der Waals surface area contributed by atoms with E-state index in [4.69, 9.17) is 4.42 Å². The molecule has 0 radical (unpaired) electrons. The van der Waals surface area contributed by atoms with Crippen LogP contribution in [0.2, 0.25) is 0 Å². The van der Waals surface area contributed by atoms with E-state index in [1.807, 2.05) is 6.07 Å². The summed E-state index contributed by atoms with van der Waals surface area (Å²) in [6.45, 7) is 5.43. The Morgan fingerprint density at radius 1 is 1.50 bits per heavy atom. The number of ketones is 1. The molecule has 0 amide bonds. The first kappa shape index (κ1) is 9.27. The van der Waals surface area contributed by atoms with Gasteiger partial charge in [-0.2, -0.15) is 0 Å². The van der Waals surface area contributed by atoms with Gasteiger partial charge in [0.2, 0.25) is 0 Å². The number of piperazine rings is 1. The van der Waals surface area contributed by atoms with E-state index in [2.05, 4.69) is 10.2 Å². The third kappa shape index (κ3) is 1.80. The molecule has 1 saturated heterocycles. The molecule has 4 heteroatoms. The highest BCUT2D eigenvalue weighted by Crippen LogP contribution is 2.18. The predicted molar refractivity (Wildman–Crippen MR) is 53.8 cm³/mol. The molecule has 0 bridgehead atoms. The van der Waals surface area contributed by atoms with Gasteiger partial charge in [0, 0.05) is 39.2 Å². The predicted octanol–water partition coefficient (Wildman–Crippen LogP) is 0.892. The van der Waals surface area contributed by atoms with Gasteiger partial charge in [-0.05, 0) is 0 Å². The fourth-order valence-electron chi connectivity index (χ4n) is 1.60. The molecule has 1 N–H and O–H groups in total. The van der Waals surface area contributed by atoms with E-state index in [1.54, 1.807) is 6.26 Å². The second-order valence-electron chi connectivity index (χ2n) is 3.46. The second kappa shape index (κ2) is 3.84. The molecule has 1 aliphatic heterocycles. The van der Waals surface area contributed by atoms with Gasteiger partial charge >= 0.3 is 0 Å². The van der Waals surface area contributed by atoms with E-state index in [1.165, 1.54) is 6.92 Å². The first-order valence-electron chi connectivity index (χ1n) is 4.82. The molecule has 0 atom stereocenters. The molecule has 1 aromatic heterocycles. The van der Waals surface area contributed by atoms with E-state index in [0.29, 0.717) is 5.76 Å². The maximum absolute atomic E-state index is 11.0. The van der Waals surface area contributed by atoms with Crippen LogP contribution in [0.15, 0.2) is 16.7 Å². The summed E-state index contributed by atoms with van der Waals surface area (Å²) in [4.78, 5) is 13.2. The van der Waals surface area contributed by atoms with Gasteiger partial charge in [-0.3, -0.25) is 4.79 Å². The van der Waals surface area contributed by atoms with Crippen molar-refractivity contribution in [1.82, 2.24) is 5.32 Å². The lowest BCUT2D eigenvalue weighted by atomic mass is 10.3. The number of furan rings is 1. The summed E-state index contributed by atoms with van der Waals surface area (Å²) in [5, 5.41) is 3.27. The standard InChI is InChI=1S/C10H14N2O2/c1-8(13)10-6-9(7-14-10)12-4-2-11-3-5-12/h6-7,11H,2-5H2,1H3. The Balaban J connectivity index is 2.11. The molecule has 0 unspecified atom stereocenters. The topological polar surface area (TPSA) is 45.5 Å². The number of carbonyl (C=O) groups excluding carboxylic acids is 1. The molecule has 14 heavy (non-hydrogen) atoms. The molecule has 0 saturated carbocycles. The number of anilines is 1. The van der Waals surface area contributed by atoms with Gasteiger partial charge in [-0.1, -0.05) is 0 Å². The highest BCUT2D eigenvalue weighted by atomic mass is 16.3. The molecule has 4 nitrogen and oxygen atoms in total. The minimum Gasteiger partial charge on any atom is -0.459 e. The lowest BCUT2D eigenvalue weighted by Gasteiger charge is -2.27. The molecule has 1 aromatic rings. The Morgan fingerprint density at radius 2 is 2.21 bits per heavy atom. The van der Waals surface area contributed by atoms with Crippen LogP contribution in [0, 0.1) is 0 Å². The van der Waals surface area contributed by atoms with Gasteiger partial charge in [0.1, 0.15) is 6.26 Å². The number of carbonyl (C=O) groups is 1. The maximum Gasteiger partial charge on any atom is 0.194 e. The van der Waals surface area contributed by atoms with E-state index in [0.717, 1.165) is 31.9 Å². The Kier molecular flexibility index (Phi) is 2.54. The van der Waals surface area contributed by atoms with Gasteiger partial charge in [0.25, 0.3) is 0 Å². The first-order chi connectivity index (χ1) is 6.77. The Hall–Kier alpha value is -1.29. The normalized spacial score (nSPS) is 17.1. The highest BCUT2D eigenvalue weighted by Gasteiger charge is 2.14. The van der Waals surface area contributed by atoms with Crippen LogP contribution in [0.1, 0.15) is 17.5 Å². The van der Waals surface area contributed by atoms with Crippen LogP contribution >= 0.6 is 0 Å². The lowest BCUT2D eigenvalue weighted by molar-refractivity contribution is 0.0987. The smallest absolute Gasteiger partial charge is 0.194 e. The molecule has 76 valence electrons. The van der Waals surface area contributed by atoms with Crippen molar-refractivity contribution in [2.45, 2.75) is 6.92 Å². The summed E-state index contributed by atoms with van der Waals surface area (Å²) in [5.74, 6) is 0.421.